The van der Waals surface area contributed by atoms with Crippen molar-refractivity contribution < 1.29 is 28.8 Å². The van der Waals surface area contributed by atoms with Crippen LogP contribution in [0.15, 0.2) is 78.9 Å². The molecule has 0 bridgehead atoms. The van der Waals surface area contributed by atoms with Crippen molar-refractivity contribution in [2.45, 2.75) is 37.6 Å². The van der Waals surface area contributed by atoms with E-state index in [1.54, 1.807) is 24.1 Å². The lowest BCUT2D eigenvalue weighted by atomic mass is 9.87. The normalized spacial score (nSPS) is 20.5. The highest BCUT2D eigenvalue weighted by Crippen LogP contribution is 2.35. The number of nitrogens with zero attached hydrogens (tertiary/aromatic N) is 2. The molecule has 1 saturated heterocycles. The van der Waals surface area contributed by atoms with Gasteiger partial charge >= 0.3 is 6.09 Å². The van der Waals surface area contributed by atoms with Crippen molar-refractivity contribution in [3.63, 3.8) is 0 Å². The number of para-hydroxylation sites is 2. The summed E-state index contributed by atoms with van der Waals surface area (Å²) in [6.07, 6.45) is 0.912. The minimum atomic E-state index is -0.339. The summed E-state index contributed by atoms with van der Waals surface area (Å²) in [5.74, 6) is 1.16. The quantitative estimate of drug-likeness (QED) is 0.350. The summed E-state index contributed by atoms with van der Waals surface area (Å²) in [5.41, 5.74) is 3.12. The third-order valence-corrected chi connectivity index (χ3v) is 7.54. The molecule has 2 aliphatic rings. The Morgan fingerprint density at radius 1 is 1.00 bits per heavy atom. The third-order valence-electron chi connectivity index (χ3n) is 7.54. The van der Waals surface area contributed by atoms with Crippen molar-refractivity contribution >= 4 is 11.8 Å². The molecule has 8 heteroatoms. The van der Waals surface area contributed by atoms with Crippen molar-refractivity contribution in [2.75, 3.05) is 51.4 Å². The predicted molar refractivity (Wildman–Crippen MR) is 153 cm³/mol. The van der Waals surface area contributed by atoms with Crippen molar-refractivity contribution in [1.82, 2.24) is 4.90 Å². The van der Waals surface area contributed by atoms with E-state index in [4.69, 9.17) is 18.9 Å². The second kappa shape index (κ2) is 13.5. The minimum absolute atomic E-state index is 0.0763. The molecule has 3 unspecified atom stereocenters. The molecule has 5 rings (SSSR count). The summed E-state index contributed by atoms with van der Waals surface area (Å²) in [4.78, 5) is 17.1. The number of fused-ring (bicyclic) bond motifs is 1. The predicted octanol–water partition coefficient (Wildman–Crippen LogP) is 5.21. The van der Waals surface area contributed by atoms with Crippen LogP contribution in [0.25, 0.3) is 0 Å². The maximum absolute atomic E-state index is 13.0. The number of phenols is 1. The summed E-state index contributed by atoms with van der Waals surface area (Å²) in [5, 5.41) is 9.81. The van der Waals surface area contributed by atoms with Crippen LogP contribution >= 0.6 is 0 Å². The van der Waals surface area contributed by atoms with E-state index in [-0.39, 0.29) is 36.6 Å². The smallest absolute Gasteiger partial charge is 0.410 e. The zero-order chi connectivity index (χ0) is 27.7. The van der Waals surface area contributed by atoms with E-state index in [1.807, 2.05) is 60.7 Å². The van der Waals surface area contributed by atoms with Gasteiger partial charge < -0.3 is 33.9 Å². The molecule has 3 aromatic rings. The molecule has 1 N–H and O–H groups in total. The van der Waals surface area contributed by atoms with Crippen molar-refractivity contribution in [2.24, 2.45) is 0 Å². The van der Waals surface area contributed by atoms with E-state index in [0.29, 0.717) is 32.8 Å². The summed E-state index contributed by atoms with van der Waals surface area (Å²) in [7, 11) is 1.72. The topological polar surface area (TPSA) is 80.7 Å². The van der Waals surface area contributed by atoms with Crippen LogP contribution in [0.5, 0.6) is 11.5 Å². The number of benzene rings is 3. The molecule has 0 saturated carbocycles. The van der Waals surface area contributed by atoms with E-state index in [1.165, 1.54) is 0 Å². The Kier molecular flexibility index (Phi) is 9.42. The minimum Gasteiger partial charge on any atom is -0.508 e. The lowest BCUT2D eigenvalue weighted by Crippen LogP contribution is -2.49. The first-order valence-corrected chi connectivity index (χ1v) is 14.0. The first-order chi connectivity index (χ1) is 19.6. The molecule has 1 amide bonds. The number of ether oxygens (including phenoxy) is 4. The molecule has 212 valence electrons. The molecular weight excluding hydrogens is 508 g/mol. The largest absolute Gasteiger partial charge is 0.508 e. The van der Waals surface area contributed by atoms with E-state index < -0.39 is 0 Å². The Morgan fingerprint density at radius 2 is 1.77 bits per heavy atom. The molecule has 40 heavy (non-hydrogen) atoms. The molecule has 0 radical (unpaired) electrons. The summed E-state index contributed by atoms with van der Waals surface area (Å²) in [6, 6.07) is 25.0. The maximum Gasteiger partial charge on any atom is 0.410 e. The van der Waals surface area contributed by atoms with Crippen LogP contribution in [0.4, 0.5) is 10.5 Å². The monoisotopic (exact) mass is 546 g/mol. The number of aromatic hydroxyl groups is 1. The molecule has 8 nitrogen and oxygen atoms in total. The fourth-order valence-corrected chi connectivity index (χ4v) is 5.47. The van der Waals surface area contributed by atoms with Crippen molar-refractivity contribution in [3.8, 4) is 11.5 Å². The Morgan fingerprint density at radius 3 is 2.58 bits per heavy atom. The number of carbonyl (C=O) groups is 1. The number of carbonyl (C=O) groups excluding carboxylic acids is 1. The molecule has 2 aliphatic heterocycles. The lowest BCUT2D eigenvalue weighted by Gasteiger charge is -2.40. The van der Waals surface area contributed by atoms with Gasteiger partial charge in [0.05, 0.1) is 31.5 Å². The van der Waals surface area contributed by atoms with Gasteiger partial charge in [0.25, 0.3) is 0 Å². The van der Waals surface area contributed by atoms with Crippen molar-refractivity contribution in [3.05, 3.63) is 90.0 Å². The number of phenolic OH excluding ortho intramolecular Hbond substituents is 1. The molecule has 3 aromatic carbocycles. The molecule has 0 aliphatic carbocycles. The number of rotatable bonds is 10. The van der Waals surface area contributed by atoms with Gasteiger partial charge in [-0.05, 0) is 48.2 Å². The number of piperidine rings is 1. The van der Waals surface area contributed by atoms with Crippen molar-refractivity contribution in [1.29, 1.82) is 0 Å². The molecule has 3 atom stereocenters. The second-order valence-corrected chi connectivity index (χ2v) is 10.3. The number of hydrogen-bond acceptors (Lipinski definition) is 7. The fourth-order valence-electron chi connectivity index (χ4n) is 5.47. The molecular formula is C32H38N2O6. The van der Waals surface area contributed by atoms with Crippen LogP contribution in [0.1, 0.15) is 29.9 Å². The zero-order valence-corrected chi connectivity index (χ0v) is 23.0. The Hall–Kier alpha value is -3.75. The van der Waals surface area contributed by atoms with Gasteiger partial charge in [0.2, 0.25) is 0 Å². The fraction of sp³-hybridized carbons (Fsp3) is 0.406. The lowest BCUT2D eigenvalue weighted by molar-refractivity contribution is -0.0435. The SMILES string of the molecule is COCCCN1CC(COC2CN(C(=O)OCc3ccccc3)CCC2c2ccc(O)cc2)Oc2ccccc21. The zero-order valence-electron chi connectivity index (χ0n) is 23.0. The first kappa shape index (κ1) is 27.8. The maximum atomic E-state index is 13.0. The number of likely N-dealkylation sites (tertiary alicyclic amines) is 1. The van der Waals surface area contributed by atoms with Crippen LogP contribution < -0.4 is 9.64 Å². The van der Waals surface area contributed by atoms with Gasteiger partial charge in [-0.1, -0.05) is 54.6 Å². The molecule has 1 fully saturated rings. The van der Waals surface area contributed by atoms with E-state index in [0.717, 1.165) is 42.0 Å². The van der Waals surface area contributed by atoms with Gasteiger partial charge in [-0.2, -0.15) is 0 Å². The summed E-state index contributed by atoms with van der Waals surface area (Å²) >= 11 is 0. The van der Waals surface area contributed by atoms with Crippen LogP contribution in [0, 0.1) is 0 Å². The number of anilines is 1. The summed E-state index contributed by atoms with van der Waals surface area (Å²) < 4.78 is 23.8. The highest BCUT2D eigenvalue weighted by atomic mass is 16.6. The summed E-state index contributed by atoms with van der Waals surface area (Å²) in [6.45, 7) is 3.89. The number of amides is 1. The van der Waals surface area contributed by atoms with E-state index in [2.05, 4.69) is 11.0 Å². The Balaban J connectivity index is 1.26. The standard InChI is InChI=1S/C32H38N2O6/c1-37-19-7-17-33-20-27(40-30-11-6-5-10-29(30)33)23-38-31-21-34(32(36)39-22-24-8-3-2-4-9-24)18-16-28(31)25-12-14-26(35)15-13-25/h2-6,8-15,27-28,31,35H,7,16-23H2,1H3. The highest BCUT2D eigenvalue weighted by Gasteiger charge is 2.35. The van der Waals surface area contributed by atoms with E-state index >= 15 is 0 Å². The number of methoxy groups -OCH3 is 1. The van der Waals surface area contributed by atoms with Gasteiger partial charge in [-0.3, -0.25) is 0 Å². The average molecular weight is 547 g/mol. The van der Waals surface area contributed by atoms with Crippen LogP contribution in [-0.4, -0.2) is 74.8 Å². The van der Waals surface area contributed by atoms with Gasteiger partial charge in [-0.15, -0.1) is 0 Å². The van der Waals surface area contributed by atoms with Gasteiger partial charge in [0, 0.05) is 32.7 Å². The first-order valence-electron chi connectivity index (χ1n) is 14.0. The van der Waals surface area contributed by atoms with Crippen LogP contribution in [0.3, 0.4) is 0 Å². The van der Waals surface area contributed by atoms with Gasteiger partial charge in [0.15, 0.2) is 0 Å². The highest BCUT2D eigenvalue weighted by molar-refractivity contribution is 5.68. The third kappa shape index (κ3) is 7.06. The number of hydrogen-bond donors (Lipinski definition) is 1. The van der Waals surface area contributed by atoms with Crippen LogP contribution in [0.2, 0.25) is 0 Å². The van der Waals surface area contributed by atoms with E-state index in [9.17, 15) is 9.90 Å². The molecule has 2 heterocycles. The molecule has 0 spiro atoms. The van der Waals surface area contributed by atoms with Gasteiger partial charge in [-0.25, -0.2) is 4.79 Å². The second-order valence-electron chi connectivity index (χ2n) is 10.3. The Labute approximate surface area is 236 Å². The van der Waals surface area contributed by atoms with Crippen LogP contribution in [-0.2, 0) is 20.8 Å². The van der Waals surface area contributed by atoms with Gasteiger partial charge in [0.1, 0.15) is 24.2 Å². The average Bonchev–Trinajstić information content (AvgIpc) is 3.00. The Bertz CT molecular complexity index is 1220. The molecule has 0 aromatic heterocycles.